The zero-order chi connectivity index (χ0) is 12.0. The SMILES string of the molecule is CC(N)CCCC(C)CN1CCS(=O)CC1. The van der Waals surface area contributed by atoms with Gasteiger partial charge in [0.05, 0.1) is 0 Å². The van der Waals surface area contributed by atoms with Crippen LogP contribution < -0.4 is 5.73 Å². The first-order chi connectivity index (χ1) is 7.58. The highest BCUT2D eigenvalue weighted by molar-refractivity contribution is 7.85. The molecule has 0 aromatic heterocycles. The highest BCUT2D eigenvalue weighted by Gasteiger charge is 2.16. The molecular weight excluding hydrogens is 220 g/mol. The van der Waals surface area contributed by atoms with E-state index >= 15 is 0 Å². The summed E-state index contributed by atoms with van der Waals surface area (Å²) in [5.41, 5.74) is 5.73. The van der Waals surface area contributed by atoms with Crippen LogP contribution in [0.5, 0.6) is 0 Å². The van der Waals surface area contributed by atoms with Gasteiger partial charge in [-0.15, -0.1) is 0 Å². The van der Waals surface area contributed by atoms with Crippen LogP contribution in [-0.2, 0) is 10.8 Å². The molecule has 1 saturated heterocycles. The predicted octanol–water partition coefficient (Wildman–Crippen LogP) is 1.20. The second kappa shape index (κ2) is 7.41. The maximum Gasteiger partial charge on any atom is 0.0363 e. The van der Waals surface area contributed by atoms with E-state index in [4.69, 9.17) is 5.73 Å². The molecule has 1 fully saturated rings. The molecular formula is C12H26N2OS. The molecule has 0 radical (unpaired) electrons. The van der Waals surface area contributed by atoms with E-state index in [2.05, 4.69) is 18.7 Å². The van der Waals surface area contributed by atoms with E-state index in [0.717, 1.165) is 43.5 Å². The third-order valence-corrected chi connectivity index (χ3v) is 4.47. The maximum atomic E-state index is 11.2. The Hall–Kier alpha value is 0.0700. The Bertz CT molecular complexity index is 211. The second-order valence-electron chi connectivity index (χ2n) is 5.16. The average molecular weight is 246 g/mol. The Labute approximate surface area is 102 Å². The standard InChI is InChI=1S/C12H26N2OS/c1-11(4-3-5-12(2)13)10-14-6-8-16(15)9-7-14/h11-12H,3-10,13H2,1-2H3. The third-order valence-electron chi connectivity index (χ3n) is 3.20. The number of hydrogen-bond acceptors (Lipinski definition) is 3. The first-order valence-electron chi connectivity index (χ1n) is 6.41. The summed E-state index contributed by atoms with van der Waals surface area (Å²) in [6.07, 6.45) is 3.63. The Balaban J connectivity index is 2.09. The largest absolute Gasteiger partial charge is 0.328 e. The zero-order valence-electron chi connectivity index (χ0n) is 10.7. The zero-order valence-corrected chi connectivity index (χ0v) is 11.5. The Morgan fingerprint density at radius 2 is 1.88 bits per heavy atom. The molecule has 2 unspecified atom stereocenters. The molecule has 1 heterocycles. The minimum atomic E-state index is -0.545. The van der Waals surface area contributed by atoms with Crippen LogP contribution in [0.2, 0.25) is 0 Å². The minimum Gasteiger partial charge on any atom is -0.328 e. The van der Waals surface area contributed by atoms with Crippen LogP contribution in [0, 0.1) is 5.92 Å². The van der Waals surface area contributed by atoms with Gasteiger partial charge in [-0.1, -0.05) is 13.3 Å². The molecule has 0 saturated carbocycles. The van der Waals surface area contributed by atoms with Crippen LogP contribution in [0.25, 0.3) is 0 Å². The van der Waals surface area contributed by atoms with Crippen molar-refractivity contribution in [1.82, 2.24) is 4.90 Å². The summed E-state index contributed by atoms with van der Waals surface area (Å²) in [7, 11) is -0.545. The lowest BCUT2D eigenvalue weighted by Gasteiger charge is -2.28. The van der Waals surface area contributed by atoms with Gasteiger partial charge in [-0.3, -0.25) is 4.21 Å². The molecule has 0 bridgehead atoms. The van der Waals surface area contributed by atoms with Gasteiger partial charge in [0.2, 0.25) is 0 Å². The predicted molar refractivity (Wildman–Crippen MR) is 71.0 cm³/mol. The van der Waals surface area contributed by atoms with Crippen LogP contribution in [0.3, 0.4) is 0 Å². The van der Waals surface area contributed by atoms with Gasteiger partial charge in [-0.2, -0.15) is 0 Å². The summed E-state index contributed by atoms with van der Waals surface area (Å²) >= 11 is 0. The van der Waals surface area contributed by atoms with Crippen molar-refractivity contribution >= 4 is 10.8 Å². The van der Waals surface area contributed by atoms with Crippen molar-refractivity contribution < 1.29 is 4.21 Å². The molecule has 0 aromatic carbocycles. The van der Waals surface area contributed by atoms with Crippen molar-refractivity contribution in [2.45, 2.75) is 39.2 Å². The van der Waals surface area contributed by atoms with Crippen molar-refractivity contribution in [2.24, 2.45) is 11.7 Å². The summed E-state index contributed by atoms with van der Waals surface area (Å²) in [6, 6.07) is 0.338. The van der Waals surface area contributed by atoms with Crippen molar-refractivity contribution in [3.05, 3.63) is 0 Å². The van der Waals surface area contributed by atoms with E-state index in [0.29, 0.717) is 6.04 Å². The molecule has 1 rings (SSSR count). The lowest BCUT2D eigenvalue weighted by Crippen LogP contribution is -2.40. The normalized spacial score (nSPS) is 23.2. The van der Waals surface area contributed by atoms with Gasteiger partial charge < -0.3 is 10.6 Å². The van der Waals surface area contributed by atoms with Crippen LogP contribution in [0.4, 0.5) is 0 Å². The van der Waals surface area contributed by atoms with Crippen LogP contribution in [-0.4, -0.2) is 46.3 Å². The topological polar surface area (TPSA) is 46.3 Å². The molecule has 0 aliphatic carbocycles. The number of nitrogens with two attached hydrogens (primary N) is 1. The maximum absolute atomic E-state index is 11.2. The van der Waals surface area contributed by atoms with E-state index in [1.807, 2.05) is 0 Å². The van der Waals surface area contributed by atoms with E-state index in [-0.39, 0.29) is 0 Å². The first kappa shape index (κ1) is 14.1. The molecule has 1 aliphatic rings. The average Bonchev–Trinajstić information content (AvgIpc) is 2.21. The number of hydrogen-bond donors (Lipinski definition) is 1. The molecule has 16 heavy (non-hydrogen) atoms. The fourth-order valence-corrected chi connectivity index (χ4v) is 3.31. The van der Waals surface area contributed by atoms with Crippen molar-refractivity contribution in [3.63, 3.8) is 0 Å². The molecule has 2 atom stereocenters. The quantitative estimate of drug-likeness (QED) is 0.766. The van der Waals surface area contributed by atoms with Gasteiger partial charge in [0, 0.05) is 48.0 Å². The highest BCUT2D eigenvalue weighted by atomic mass is 32.2. The van der Waals surface area contributed by atoms with E-state index in [1.165, 1.54) is 12.8 Å². The lowest BCUT2D eigenvalue weighted by atomic mass is 10.0. The summed E-state index contributed by atoms with van der Waals surface area (Å²) in [5, 5.41) is 0. The third kappa shape index (κ3) is 5.97. The lowest BCUT2D eigenvalue weighted by molar-refractivity contribution is 0.248. The fraction of sp³-hybridized carbons (Fsp3) is 1.00. The van der Waals surface area contributed by atoms with Gasteiger partial charge in [-0.25, -0.2) is 0 Å². The number of rotatable bonds is 6. The molecule has 0 spiro atoms. The van der Waals surface area contributed by atoms with Crippen LogP contribution >= 0.6 is 0 Å². The van der Waals surface area contributed by atoms with Gasteiger partial charge in [-0.05, 0) is 25.7 Å². The fourth-order valence-electron chi connectivity index (χ4n) is 2.18. The molecule has 96 valence electrons. The summed E-state index contributed by atoms with van der Waals surface area (Å²) in [5.74, 6) is 2.48. The Morgan fingerprint density at radius 3 is 2.44 bits per heavy atom. The summed E-state index contributed by atoms with van der Waals surface area (Å²) in [4.78, 5) is 2.46. The molecule has 0 amide bonds. The summed E-state index contributed by atoms with van der Waals surface area (Å²) < 4.78 is 11.2. The summed E-state index contributed by atoms with van der Waals surface area (Å²) in [6.45, 7) is 7.59. The van der Waals surface area contributed by atoms with E-state index in [9.17, 15) is 4.21 Å². The van der Waals surface area contributed by atoms with E-state index in [1.54, 1.807) is 0 Å². The van der Waals surface area contributed by atoms with Crippen LogP contribution in [0.1, 0.15) is 33.1 Å². The Kier molecular flexibility index (Phi) is 6.54. The van der Waals surface area contributed by atoms with E-state index < -0.39 is 10.8 Å². The smallest absolute Gasteiger partial charge is 0.0363 e. The molecule has 0 aromatic rings. The van der Waals surface area contributed by atoms with Crippen molar-refractivity contribution in [1.29, 1.82) is 0 Å². The molecule has 3 nitrogen and oxygen atoms in total. The molecule has 2 N–H and O–H groups in total. The Morgan fingerprint density at radius 1 is 1.25 bits per heavy atom. The second-order valence-corrected chi connectivity index (χ2v) is 6.86. The van der Waals surface area contributed by atoms with Crippen LogP contribution in [0.15, 0.2) is 0 Å². The van der Waals surface area contributed by atoms with Crippen molar-refractivity contribution in [2.75, 3.05) is 31.1 Å². The van der Waals surface area contributed by atoms with Crippen molar-refractivity contribution in [3.8, 4) is 0 Å². The monoisotopic (exact) mass is 246 g/mol. The minimum absolute atomic E-state index is 0.338. The van der Waals surface area contributed by atoms with Gasteiger partial charge in [0.25, 0.3) is 0 Å². The van der Waals surface area contributed by atoms with Gasteiger partial charge in [0.15, 0.2) is 0 Å². The first-order valence-corrected chi connectivity index (χ1v) is 7.89. The molecule has 4 heteroatoms. The van der Waals surface area contributed by atoms with Gasteiger partial charge >= 0.3 is 0 Å². The molecule has 1 aliphatic heterocycles. The number of nitrogens with zero attached hydrogens (tertiary/aromatic N) is 1. The highest BCUT2D eigenvalue weighted by Crippen LogP contribution is 2.12. The van der Waals surface area contributed by atoms with Gasteiger partial charge in [0.1, 0.15) is 0 Å².